The van der Waals surface area contributed by atoms with Crippen LogP contribution in [0.4, 0.5) is 0 Å². The molecule has 0 saturated heterocycles. The van der Waals surface area contributed by atoms with Gasteiger partial charge in [-0.05, 0) is 4.08 Å². The SMILES string of the molecule is [C-]#[N+][C@](C/C=C/I)(CC(=O)c1ccccc1)C(=O)O. The van der Waals surface area contributed by atoms with Gasteiger partial charge < -0.3 is 5.11 Å². The van der Waals surface area contributed by atoms with E-state index in [2.05, 4.69) is 4.85 Å². The molecule has 0 radical (unpaired) electrons. The van der Waals surface area contributed by atoms with Gasteiger partial charge in [-0.1, -0.05) is 59.0 Å². The number of ketones is 1. The monoisotopic (exact) mass is 369 g/mol. The Hall–Kier alpha value is -1.68. The summed E-state index contributed by atoms with van der Waals surface area (Å²) in [7, 11) is 0. The Kier molecular flexibility index (Phi) is 5.70. The minimum atomic E-state index is -1.71. The minimum absolute atomic E-state index is 0.0212. The zero-order chi connectivity index (χ0) is 14.3. The Morgan fingerprint density at radius 3 is 2.47 bits per heavy atom. The zero-order valence-corrected chi connectivity index (χ0v) is 12.2. The molecule has 0 heterocycles. The number of aliphatic carboxylic acids is 1. The second-order valence-corrected chi connectivity index (χ2v) is 4.70. The molecule has 0 fully saturated rings. The Morgan fingerprint density at radius 2 is 2.00 bits per heavy atom. The molecule has 98 valence electrons. The number of hydrogen-bond donors (Lipinski definition) is 1. The fourth-order valence-corrected chi connectivity index (χ4v) is 1.85. The normalized spacial score (nSPS) is 13.7. The van der Waals surface area contributed by atoms with Crippen LogP contribution >= 0.6 is 22.6 Å². The Bertz CT molecular complexity index is 533. The van der Waals surface area contributed by atoms with Gasteiger partial charge in [0.25, 0.3) is 0 Å². The van der Waals surface area contributed by atoms with Gasteiger partial charge in [0.15, 0.2) is 5.78 Å². The summed E-state index contributed by atoms with van der Waals surface area (Å²) in [5.74, 6) is -1.60. The van der Waals surface area contributed by atoms with Crippen molar-refractivity contribution < 1.29 is 14.7 Å². The van der Waals surface area contributed by atoms with Crippen molar-refractivity contribution in [2.75, 3.05) is 0 Å². The lowest BCUT2D eigenvalue weighted by molar-refractivity contribution is -0.141. The molecule has 0 amide bonds. The third-order valence-electron chi connectivity index (χ3n) is 2.71. The van der Waals surface area contributed by atoms with Crippen LogP contribution in [-0.2, 0) is 4.79 Å². The highest BCUT2D eigenvalue weighted by Gasteiger charge is 2.46. The molecule has 0 aromatic heterocycles. The third kappa shape index (κ3) is 3.89. The van der Waals surface area contributed by atoms with E-state index in [4.69, 9.17) is 6.57 Å². The maximum atomic E-state index is 12.1. The summed E-state index contributed by atoms with van der Waals surface area (Å²) in [5, 5.41) is 9.24. The number of carboxylic acids is 1. The molecule has 1 aromatic carbocycles. The van der Waals surface area contributed by atoms with E-state index in [9.17, 15) is 14.7 Å². The number of Topliss-reactive ketones (excluding diaryl/α,β-unsaturated/α-hetero) is 1. The van der Waals surface area contributed by atoms with Gasteiger partial charge in [-0.15, -0.1) is 0 Å². The van der Waals surface area contributed by atoms with Crippen LogP contribution < -0.4 is 0 Å². The molecular weight excluding hydrogens is 357 g/mol. The molecule has 0 aliphatic rings. The van der Waals surface area contributed by atoms with E-state index in [-0.39, 0.29) is 18.6 Å². The number of benzene rings is 1. The summed E-state index contributed by atoms with van der Waals surface area (Å²) >= 11 is 1.95. The molecule has 19 heavy (non-hydrogen) atoms. The standard InChI is InChI=1S/C14H12INO3/c1-16-14(13(18)19,8-5-9-15)10-12(17)11-6-3-2-4-7-11/h2-7,9H,8,10H2,(H,18,19)/b9-5+/t14-/m1/s1. The van der Waals surface area contributed by atoms with Gasteiger partial charge in [0.2, 0.25) is 0 Å². The fraction of sp³-hybridized carbons (Fsp3) is 0.214. The lowest BCUT2D eigenvalue weighted by Crippen LogP contribution is -2.37. The number of carboxylic acid groups (broad SMARTS) is 1. The molecule has 5 heteroatoms. The molecule has 0 aliphatic heterocycles. The van der Waals surface area contributed by atoms with Gasteiger partial charge >= 0.3 is 11.5 Å². The van der Waals surface area contributed by atoms with Crippen LogP contribution in [0.1, 0.15) is 23.2 Å². The lowest BCUT2D eigenvalue weighted by Gasteiger charge is -2.14. The van der Waals surface area contributed by atoms with Crippen LogP contribution in [0.15, 0.2) is 40.5 Å². The summed E-state index contributed by atoms with van der Waals surface area (Å²) in [6.07, 6.45) is 1.29. The van der Waals surface area contributed by atoms with Crippen molar-refractivity contribution in [3.63, 3.8) is 0 Å². The summed E-state index contributed by atoms with van der Waals surface area (Å²) in [4.78, 5) is 26.6. The first-order chi connectivity index (χ1) is 9.05. The van der Waals surface area contributed by atoms with Gasteiger partial charge in [0.1, 0.15) is 6.42 Å². The maximum absolute atomic E-state index is 12.1. The number of carbonyl (C=O) groups excluding carboxylic acids is 1. The molecule has 0 unspecified atom stereocenters. The first-order valence-corrected chi connectivity index (χ1v) is 6.76. The van der Waals surface area contributed by atoms with Crippen LogP contribution in [0.2, 0.25) is 0 Å². The largest absolute Gasteiger partial charge is 0.475 e. The van der Waals surface area contributed by atoms with Gasteiger partial charge in [0.05, 0.1) is 6.42 Å². The zero-order valence-electron chi connectivity index (χ0n) is 10.0. The van der Waals surface area contributed by atoms with Crippen molar-refractivity contribution in [3.8, 4) is 0 Å². The first kappa shape index (κ1) is 15.4. The van der Waals surface area contributed by atoms with Crippen LogP contribution in [0.5, 0.6) is 0 Å². The van der Waals surface area contributed by atoms with Crippen molar-refractivity contribution in [3.05, 3.63) is 57.5 Å². The van der Waals surface area contributed by atoms with Gasteiger partial charge in [0, 0.05) is 5.56 Å². The average Bonchev–Trinajstić information content (AvgIpc) is 2.44. The van der Waals surface area contributed by atoms with Crippen LogP contribution in [0.25, 0.3) is 4.85 Å². The summed E-state index contributed by atoms with van der Waals surface area (Å²) in [6, 6.07) is 8.42. The minimum Gasteiger partial charge on any atom is -0.475 e. The van der Waals surface area contributed by atoms with E-state index >= 15 is 0 Å². The topological polar surface area (TPSA) is 58.7 Å². The van der Waals surface area contributed by atoms with E-state index < -0.39 is 11.5 Å². The smallest absolute Gasteiger partial charge is 0.391 e. The molecule has 0 spiro atoms. The maximum Gasteiger partial charge on any atom is 0.391 e. The highest BCUT2D eigenvalue weighted by molar-refractivity contribution is 14.1. The second kappa shape index (κ2) is 7.04. The van der Waals surface area contributed by atoms with Crippen LogP contribution in [0.3, 0.4) is 0 Å². The van der Waals surface area contributed by atoms with E-state index in [1.165, 1.54) is 0 Å². The van der Waals surface area contributed by atoms with E-state index in [0.29, 0.717) is 5.56 Å². The van der Waals surface area contributed by atoms with Crippen molar-refractivity contribution in [2.24, 2.45) is 0 Å². The predicted molar refractivity (Wildman–Crippen MR) is 80.1 cm³/mol. The summed E-state index contributed by atoms with van der Waals surface area (Å²) < 4.78 is 1.65. The summed E-state index contributed by atoms with van der Waals surface area (Å²) in [6.45, 7) is 7.13. The molecule has 0 saturated carbocycles. The quantitative estimate of drug-likeness (QED) is 0.475. The third-order valence-corrected chi connectivity index (χ3v) is 3.21. The van der Waals surface area contributed by atoms with E-state index in [1.54, 1.807) is 40.5 Å². The average molecular weight is 369 g/mol. The first-order valence-electron chi connectivity index (χ1n) is 5.51. The van der Waals surface area contributed by atoms with Gasteiger partial charge in [-0.25, -0.2) is 11.4 Å². The van der Waals surface area contributed by atoms with Crippen LogP contribution in [-0.4, -0.2) is 22.4 Å². The van der Waals surface area contributed by atoms with E-state index in [0.717, 1.165) is 0 Å². The molecular formula is C14H12INO3. The Balaban J connectivity index is 2.99. The van der Waals surface area contributed by atoms with Crippen molar-refractivity contribution >= 4 is 34.3 Å². The fourth-order valence-electron chi connectivity index (χ4n) is 1.60. The molecule has 4 nitrogen and oxygen atoms in total. The highest BCUT2D eigenvalue weighted by atomic mass is 127. The predicted octanol–water partition coefficient (Wildman–Crippen LogP) is 3.34. The molecule has 0 aliphatic carbocycles. The molecule has 1 rings (SSSR count). The molecule has 1 atom stereocenters. The number of nitrogens with zero attached hydrogens (tertiary/aromatic N) is 1. The van der Waals surface area contributed by atoms with Crippen molar-refractivity contribution in [1.29, 1.82) is 0 Å². The second-order valence-electron chi connectivity index (χ2n) is 3.98. The summed E-state index contributed by atoms with van der Waals surface area (Å²) in [5.41, 5.74) is -1.29. The van der Waals surface area contributed by atoms with Crippen molar-refractivity contribution in [2.45, 2.75) is 18.4 Å². The lowest BCUT2D eigenvalue weighted by atomic mass is 9.88. The van der Waals surface area contributed by atoms with Gasteiger partial charge in [-0.3, -0.25) is 9.64 Å². The van der Waals surface area contributed by atoms with E-state index in [1.807, 2.05) is 22.6 Å². The highest BCUT2D eigenvalue weighted by Crippen LogP contribution is 2.25. The molecule has 0 bridgehead atoms. The number of rotatable bonds is 6. The van der Waals surface area contributed by atoms with Crippen LogP contribution in [0, 0.1) is 6.57 Å². The molecule has 1 aromatic rings. The van der Waals surface area contributed by atoms with Gasteiger partial charge in [-0.2, -0.15) is 0 Å². The molecule has 1 N–H and O–H groups in total. The number of hydrogen-bond acceptors (Lipinski definition) is 2. The number of carbonyl (C=O) groups is 2. The van der Waals surface area contributed by atoms with Crippen molar-refractivity contribution in [1.82, 2.24) is 0 Å². The number of halogens is 1. The Labute approximate surface area is 125 Å². The Morgan fingerprint density at radius 1 is 1.37 bits per heavy atom.